The highest BCUT2D eigenvalue weighted by Crippen LogP contribution is 2.40. The fraction of sp³-hybridized carbons (Fsp3) is 0.296. The van der Waals surface area contributed by atoms with E-state index in [0.29, 0.717) is 28.5 Å². The second-order valence-corrected chi connectivity index (χ2v) is 10.4. The summed E-state index contributed by atoms with van der Waals surface area (Å²) in [5.41, 5.74) is 0.635. The van der Waals surface area contributed by atoms with Gasteiger partial charge in [0.05, 0.1) is 17.1 Å². The number of rotatable bonds is 8. The molecular weight excluding hydrogens is 532 g/mol. The Morgan fingerprint density at radius 2 is 1.92 bits per heavy atom. The average Bonchev–Trinajstić information content (AvgIpc) is 3.24. The Balaban J connectivity index is 1.69. The number of esters is 2. The summed E-state index contributed by atoms with van der Waals surface area (Å²) in [6.45, 7) is 4.01. The monoisotopic (exact) mass is 556 g/mol. The zero-order valence-corrected chi connectivity index (χ0v) is 22.3. The van der Waals surface area contributed by atoms with Crippen LogP contribution in [0.5, 0.6) is 0 Å². The lowest BCUT2D eigenvalue weighted by Gasteiger charge is -2.19. The maximum absolute atomic E-state index is 13.6. The van der Waals surface area contributed by atoms with Crippen LogP contribution in [0.2, 0.25) is 5.02 Å². The van der Waals surface area contributed by atoms with Crippen LogP contribution >= 0.6 is 22.9 Å². The number of halogens is 1. The van der Waals surface area contributed by atoms with Crippen LogP contribution < -0.4 is 5.32 Å². The second kappa shape index (κ2) is 11.7. The van der Waals surface area contributed by atoms with Gasteiger partial charge in [-0.3, -0.25) is 14.9 Å². The van der Waals surface area contributed by atoms with Crippen LogP contribution in [0.15, 0.2) is 48.5 Å². The third kappa shape index (κ3) is 5.87. The molecule has 0 saturated heterocycles. The number of carbonyl (C=O) groups excluding carboxylic acids is 3. The summed E-state index contributed by atoms with van der Waals surface area (Å²) in [5.74, 6) is -1.90. The standard InChI is InChI=1S/C27H25ClN2O7S/c1-3-36-27(33)22-18-11-9-15(2)13-21(18)38-25(22)29-24(31)23(16-7-5-4-6-8-16)37-26(32)19-14-17(28)10-12-20(19)30(34)35/h4-8,10,12,14-15,23H,3,9,11,13H2,1-2H3,(H,29,31)/t15-,23+/m0/s1. The van der Waals surface area contributed by atoms with Gasteiger partial charge in [-0.1, -0.05) is 48.9 Å². The number of hydrogen-bond acceptors (Lipinski definition) is 8. The molecule has 0 bridgehead atoms. The number of thiophene rings is 1. The molecule has 0 spiro atoms. The van der Waals surface area contributed by atoms with Crippen LogP contribution in [0.4, 0.5) is 10.7 Å². The number of ether oxygens (including phenoxy) is 2. The molecule has 3 aromatic rings. The van der Waals surface area contributed by atoms with Crippen LogP contribution in [0, 0.1) is 16.0 Å². The number of nitro benzene ring substituents is 1. The minimum Gasteiger partial charge on any atom is -0.462 e. The van der Waals surface area contributed by atoms with Crippen molar-refractivity contribution in [2.24, 2.45) is 5.92 Å². The minimum absolute atomic E-state index is 0.0979. The summed E-state index contributed by atoms with van der Waals surface area (Å²) in [5, 5.41) is 14.7. The molecule has 1 amide bonds. The summed E-state index contributed by atoms with van der Waals surface area (Å²) in [6, 6.07) is 11.8. The minimum atomic E-state index is -1.46. The van der Waals surface area contributed by atoms with E-state index in [1.165, 1.54) is 17.4 Å². The fourth-order valence-electron chi connectivity index (χ4n) is 4.34. The molecule has 9 nitrogen and oxygen atoms in total. The van der Waals surface area contributed by atoms with E-state index in [-0.39, 0.29) is 17.2 Å². The normalized spacial score (nSPS) is 15.2. The number of nitro groups is 1. The fourth-order valence-corrected chi connectivity index (χ4v) is 5.91. The SMILES string of the molecule is CCOC(=O)c1c(NC(=O)[C@H](OC(=O)c2cc(Cl)ccc2[N+](=O)[O-])c2ccccc2)sc2c1CC[C@H](C)C2. The molecule has 1 aliphatic carbocycles. The van der Waals surface area contributed by atoms with Gasteiger partial charge < -0.3 is 14.8 Å². The van der Waals surface area contributed by atoms with E-state index in [4.69, 9.17) is 21.1 Å². The summed E-state index contributed by atoms with van der Waals surface area (Å²) in [6.07, 6.45) is 0.909. The van der Waals surface area contributed by atoms with E-state index in [9.17, 15) is 24.5 Å². The smallest absolute Gasteiger partial charge is 0.346 e. The van der Waals surface area contributed by atoms with E-state index >= 15 is 0 Å². The van der Waals surface area contributed by atoms with Gasteiger partial charge >= 0.3 is 11.9 Å². The van der Waals surface area contributed by atoms with E-state index < -0.39 is 34.6 Å². The van der Waals surface area contributed by atoms with Crippen molar-refractivity contribution in [2.75, 3.05) is 11.9 Å². The Bertz CT molecular complexity index is 1390. The van der Waals surface area contributed by atoms with Gasteiger partial charge in [0, 0.05) is 21.5 Å². The Morgan fingerprint density at radius 1 is 1.18 bits per heavy atom. The van der Waals surface area contributed by atoms with E-state index in [1.54, 1.807) is 37.3 Å². The number of carbonyl (C=O) groups is 3. The summed E-state index contributed by atoms with van der Waals surface area (Å²) in [7, 11) is 0. The molecule has 4 rings (SSSR count). The average molecular weight is 557 g/mol. The van der Waals surface area contributed by atoms with Gasteiger partial charge in [0.1, 0.15) is 10.6 Å². The van der Waals surface area contributed by atoms with Gasteiger partial charge in [-0.15, -0.1) is 11.3 Å². The lowest BCUT2D eigenvalue weighted by atomic mass is 9.88. The highest BCUT2D eigenvalue weighted by Gasteiger charge is 2.33. The number of nitrogens with zero attached hydrogens (tertiary/aromatic N) is 1. The van der Waals surface area contributed by atoms with Crippen molar-refractivity contribution in [3.63, 3.8) is 0 Å². The van der Waals surface area contributed by atoms with Crippen LogP contribution in [0.3, 0.4) is 0 Å². The molecule has 0 saturated carbocycles. The first-order valence-corrected chi connectivity index (χ1v) is 13.2. The first-order chi connectivity index (χ1) is 18.2. The number of nitrogens with one attached hydrogen (secondary N) is 1. The summed E-state index contributed by atoms with van der Waals surface area (Å²) < 4.78 is 10.8. The highest BCUT2D eigenvalue weighted by atomic mass is 35.5. The Hall–Kier alpha value is -3.76. The molecule has 0 radical (unpaired) electrons. The molecule has 1 aliphatic rings. The third-order valence-electron chi connectivity index (χ3n) is 6.17. The van der Waals surface area contributed by atoms with E-state index in [2.05, 4.69) is 12.2 Å². The van der Waals surface area contributed by atoms with Crippen molar-refractivity contribution in [3.05, 3.63) is 90.8 Å². The quantitative estimate of drug-likeness (QED) is 0.200. The van der Waals surface area contributed by atoms with Crippen LogP contribution in [0.25, 0.3) is 0 Å². The lowest BCUT2D eigenvalue weighted by molar-refractivity contribution is -0.385. The largest absolute Gasteiger partial charge is 0.462 e. The zero-order valence-electron chi connectivity index (χ0n) is 20.7. The maximum atomic E-state index is 13.6. The predicted molar refractivity (Wildman–Crippen MR) is 143 cm³/mol. The van der Waals surface area contributed by atoms with Gasteiger partial charge in [0.25, 0.3) is 11.6 Å². The number of hydrogen-bond donors (Lipinski definition) is 1. The predicted octanol–water partition coefficient (Wildman–Crippen LogP) is 6.15. The molecule has 1 aromatic heterocycles. The number of benzene rings is 2. The van der Waals surface area contributed by atoms with Gasteiger partial charge in [-0.2, -0.15) is 0 Å². The molecule has 1 heterocycles. The topological polar surface area (TPSA) is 125 Å². The summed E-state index contributed by atoms with van der Waals surface area (Å²) >= 11 is 7.27. The Morgan fingerprint density at radius 3 is 2.61 bits per heavy atom. The number of amides is 1. The molecule has 0 aliphatic heterocycles. The molecule has 2 atom stereocenters. The van der Waals surface area contributed by atoms with Crippen molar-refractivity contribution in [2.45, 2.75) is 39.2 Å². The van der Waals surface area contributed by atoms with E-state index in [0.717, 1.165) is 35.4 Å². The third-order valence-corrected chi connectivity index (χ3v) is 7.57. The maximum Gasteiger partial charge on any atom is 0.346 e. The molecule has 11 heteroatoms. The highest BCUT2D eigenvalue weighted by molar-refractivity contribution is 7.17. The molecule has 198 valence electrons. The van der Waals surface area contributed by atoms with Crippen LogP contribution in [-0.4, -0.2) is 29.4 Å². The van der Waals surface area contributed by atoms with Gasteiger partial charge in [-0.05, 0) is 49.8 Å². The van der Waals surface area contributed by atoms with Crippen molar-refractivity contribution >= 4 is 51.5 Å². The number of fused-ring (bicyclic) bond motifs is 1. The van der Waals surface area contributed by atoms with E-state index in [1.807, 2.05) is 0 Å². The molecule has 38 heavy (non-hydrogen) atoms. The molecular formula is C27H25ClN2O7S. The van der Waals surface area contributed by atoms with Gasteiger partial charge in [-0.25, -0.2) is 9.59 Å². The van der Waals surface area contributed by atoms with Crippen molar-refractivity contribution < 1.29 is 28.8 Å². The zero-order chi connectivity index (χ0) is 27.4. The molecule has 0 fully saturated rings. The number of anilines is 1. The van der Waals surface area contributed by atoms with Crippen molar-refractivity contribution in [1.29, 1.82) is 0 Å². The Kier molecular flexibility index (Phi) is 8.43. The van der Waals surface area contributed by atoms with Crippen LogP contribution in [-0.2, 0) is 27.1 Å². The first kappa shape index (κ1) is 27.3. The van der Waals surface area contributed by atoms with Gasteiger partial charge in [0.2, 0.25) is 6.10 Å². The molecule has 1 N–H and O–H groups in total. The molecule has 0 unspecified atom stereocenters. The Labute approximate surface area is 227 Å². The van der Waals surface area contributed by atoms with Crippen molar-refractivity contribution in [1.82, 2.24) is 0 Å². The van der Waals surface area contributed by atoms with Crippen molar-refractivity contribution in [3.8, 4) is 0 Å². The first-order valence-electron chi connectivity index (χ1n) is 12.0. The molecule has 2 aromatic carbocycles. The second-order valence-electron chi connectivity index (χ2n) is 8.88. The summed E-state index contributed by atoms with van der Waals surface area (Å²) in [4.78, 5) is 51.3. The van der Waals surface area contributed by atoms with Gasteiger partial charge in [0.15, 0.2) is 0 Å². The van der Waals surface area contributed by atoms with Crippen LogP contribution in [0.1, 0.15) is 63.1 Å². The lowest BCUT2D eigenvalue weighted by Crippen LogP contribution is -2.26.